The van der Waals surface area contributed by atoms with Crippen molar-refractivity contribution in [1.29, 1.82) is 0 Å². The normalized spacial score (nSPS) is 11.7. The summed E-state index contributed by atoms with van der Waals surface area (Å²) < 4.78 is 5.48. The zero-order valence-electron chi connectivity index (χ0n) is 12.6. The standard InChI is InChI=1S/C16H23NO4/c1-3-5-13(16(19)20)11-17-15(18)8-9-21-14-7-4-6-12(2)10-14/h4,6-7,10,13H,3,5,8-9,11H2,1-2H3,(H,17,18)(H,19,20). The van der Waals surface area contributed by atoms with Crippen LogP contribution in [0.25, 0.3) is 0 Å². The van der Waals surface area contributed by atoms with Crippen molar-refractivity contribution in [2.24, 2.45) is 5.92 Å². The average molecular weight is 293 g/mol. The lowest BCUT2D eigenvalue weighted by Gasteiger charge is -2.12. The van der Waals surface area contributed by atoms with Crippen LogP contribution < -0.4 is 10.1 Å². The molecule has 0 saturated carbocycles. The summed E-state index contributed by atoms with van der Waals surface area (Å²) in [4.78, 5) is 22.6. The molecule has 0 bridgehead atoms. The molecule has 1 rings (SSSR count). The Morgan fingerprint density at radius 1 is 1.38 bits per heavy atom. The quantitative estimate of drug-likeness (QED) is 0.733. The second-order valence-electron chi connectivity index (χ2n) is 5.04. The van der Waals surface area contributed by atoms with E-state index in [1.54, 1.807) is 0 Å². The van der Waals surface area contributed by atoms with Gasteiger partial charge >= 0.3 is 5.97 Å². The minimum absolute atomic E-state index is 0.173. The minimum Gasteiger partial charge on any atom is -0.493 e. The highest BCUT2D eigenvalue weighted by molar-refractivity contribution is 5.77. The Balaban J connectivity index is 2.26. The summed E-state index contributed by atoms with van der Waals surface area (Å²) in [6.07, 6.45) is 1.56. The Hall–Kier alpha value is -2.04. The fourth-order valence-electron chi connectivity index (χ4n) is 1.95. The number of carboxylic acid groups (broad SMARTS) is 1. The highest BCUT2D eigenvalue weighted by Crippen LogP contribution is 2.12. The van der Waals surface area contributed by atoms with Crippen LogP contribution in [0.1, 0.15) is 31.7 Å². The van der Waals surface area contributed by atoms with E-state index in [4.69, 9.17) is 9.84 Å². The van der Waals surface area contributed by atoms with Crippen LogP contribution in [0.3, 0.4) is 0 Å². The summed E-state index contributed by atoms with van der Waals surface area (Å²) >= 11 is 0. The number of aryl methyl sites for hydroxylation is 1. The van der Waals surface area contributed by atoms with Crippen molar-refractivity contribution < 1.29 is 19.4 Å². The van der Waals surface area contributed by atoms with E-state index in [2.05, 4.69) is 5.32 Å². The first-order valence-corrected chi connectivity index (χ1v) is 7.22. The molecule has 1 aromatic rings. The van der Waals surface area contributed by atoms with Gasteiger partial charge in [0.2, 0.25) is 5.91 Å². The second kappa shape index (κ2) is 9.00. The van der Waals surface area contributed by atoms with Crippen LogP contribution >= 0.6 is 0 Å². The monoisotopic (exact) mass is 293 g/mol. The lowest BCUT2D eigenvalue weighted by Crippen LogP contribution is -2.33. The number of hydrogen-bond acceptors (Lipinski definition) is 3. The highest BCUT2D eigenvalue weighted by atomic mass is 16.5. The van der Waals surface area contributed by atoms with Gasteiger partial charge in [-0.05, 0) is 31.0 Å². The first kappa shape index (κ1) is 17.0. The third kappa shape index (κ3) is 6.79. The van der Waals surface area contributed by atoms with Gasteiger partial charge < -0.3 is 15.2 Å². The molecule has 2 N–H and O–H groups in total. The molecule has 0 aliphatic heterocycles. The molecule has 116 valence electrons. The molecule has 21 heavy (non-hydrogen) atoms. The van der Waals surface area contributed by atoms with Gasteiger partial charge in [-0.15, -0.1) is 0 Å². The summed E-state index contributed by atoms with van der Waals surface area (Å²) in [6, 6.07) is 7.61. The van der Waals surface area contributed by atoms with E-state index in [0.29, 0.717) is 6.42 Å². The molecule has 0 fully saturated rings. The second-order valence-corrected chi connectivity index (χ2v) is 5.04. The van der Waals surface area contributed by atoms with Crippen molar-refractivity contribution in [2.75, 3.05) is 13.2 Å². The minimum atomic E-state index is -0.867. The lowest BCUT2D eigenvalue weighted by molar-refractivity contribution is -0.141. The number of carbonyl (C=O) groups is 2. The SMILES string of the molecule is CCCC(CNC(=O)CCOc1cccc(C)c1)C(=O)O. The zero-order valence-corrected chi connectivity index (χ0v) is 12.6. The van der Waals surface area contributed by atoms with Crippen LogP contribution in [-0.2, 0) is 9.59 Å². The molecule has 5 heteroatoms. The van der Waals surface area contributed by atoms with Crippen molar-refractivity contribution >= 4 is 11.9 Å². The summed E-state index contributed by atoms with van der Waals surface area (Å²) in [5, 5.41) is 11.6. The fourth-order valence-corrected chi connectivity index (χ4v) is 1.95. The van der Waals surface area contributed by atoms with Crippen molar-refractivity contribution in [2.45, 2.75) is 33.1 Å². The number of hydrogen-bond donors (Lipinski definition) is 2. The largest absolute Gasteiger partial charge is 0.493 e. The van der Waals surface area contributed by atoms with E-state index < -0.39 is 11.9 Å². The maximum atomic E-state index is 11.6. The Kier molecular flexibility index (Phi) is 7.29. The number of carbonyl (C=O) groups excluding carboxylic acids is 1. The van der Waals surface area contributed by atoms with Crippen LogP contribution in [0.4, 0.5) is 0 Å². The third-order valence-electron chi connectivity index (χ3n) is 3.12. The molecular weight excluding hydrogens is 270 g/mol. The number of amides is 1. The Morgan fingerprint density at radius 3 is 2.76 bits per heavy atom. The van der Waals surface area contributed by atoms with E-state index in [1.807, 2.05) is 38.1 Å². The summed E-state index contributed by atoms with van der Waals surface area (Å²) in [5.74, 6) is -0.841. The maximum Gasteiger partial charge on any atom is 0.308 e. The maximum absolute atomic E-state index is 11.6. The van der Waals surface area contributed by atoms with E-state index >= 15 is 0 Å². The van der Waals surface area contributed by atoms with Gasteiger partial charge in [-0.25, -0.2) is 0 Å². The van der Waals surface area contributed by atoms with Crippen molar-refractivity contribution in [3.8, 4) is 5.75 Å². The van der Waals surface area contributed by atoms with Crippen molar-refractivity contribution in [1.82, 2.24) is 5.32 Å². The topological polar surface area (TPSA) is 75.6 Å². The average Bonchev–Trinajstić information content (AvgIpc) is 2.43. The molecule has 1 amide bonds. The van der Waals surface area contributed by atoms with Gasteiger partial charge in [0.1, 0.15) is 5.75 Å². The molecule has 0 saturated heterocycles. The molecule has 0 aliphatic carbocycles. The number of rotatable bonds is 9. The molecule has 0 radical (unpaired) electrons. The van der Waals surface area contributed by atoms with Gasteiger partial charge in [0, 0.05) is 6.54 Å². The number of benzene rings is 1. The molecule has 0 aromatic heterocycles. The molecular formula is C16H23NO4. The third-order valence-corrected chi connectivity index (χ3v) is 3.12. The fraction of sp³-hybridized carbons (Fsp3) is 0.500. The highest BCUT2D eigenvalue weighted by Gasteiger charge is 2.16. The van der Waals surface area contributed by atoms with Gasteiger partial charge in [0.25, 0.3) is 0 Å². The zero-order chi connectivity index (χ0) is 15.7. The van der Waals surface area contributed by atoms with E-state index in [0.717, 1.165) is 17.7 Å². The number of carboxylic acids is 1. The van der Waals surface area contributed by atoms with Gasteiger partial charge in [0.15, 0.2) is 0 Å². The van der Waals surface area contributed by atoms with Gasteiger partial charge in [0.05, 0.1) is 18.9 Å². The summed E-state index contributed by atoms with van der Waals surface area (Å²) in [7, 11) is 0. The van der Waals surface area contributed by atoms with E-state index in [-0.39, 0.29) is 25.5 Å². The molecule has 5 nitrogen and oxygen atoms in total. The van der Waals surface area contributed by atoms with Gasteiger partial charge in [-0.1, -0.05) is 25.5 Å². The summed E-state index contributed by atoms with van der Waals surface area (Å²) in [6.45, 7) is 4.35. The van der Waals surface area contributed by atoms with Gasteiger partial charge in [-0.3, -0.25) is 9.59 Å². The first-order valence-electron chi connectivity index (χ1n) is 7.22. The van der Waals surface area contributed by atoms with Crippen LogP contribution in [0.15, 0.2) is 24.3 Å². The van der Waals surface area contributed by atoms with Crippen molar-refractivity contribution in [3.63, 3.8) is 0 Å². The molecule has 0 spiro atoms. The van der Waals surface area contributed by atoms with Crippen LogP contribution in [0.2, 0.25) is 0 Å². The Labute approximate surface area is 125 Å². The van der Waals surface area contributed by atoms with Crippen molar-refractivity contribution in [3.05, 3.63) is 29.8 Å². The Bertz CT molecular complexity index is 473. The predicted octanol–water partition coefficient (Wildman–Crippen LogP) is 2.38. The molecule has 0 heterocycles. The van der Waals surface area contributed by atoms with Gasteiger partial charge in [-0.2, -0.15) is 0 Å². The van der Waals surface area contributed by atoms with E-state index in [9.17, 15) is 9.59 Å². The molecule has 0 aliphatic rings. The molecule has 1 unspecified atom stereocenters. The number of nitrogens with one attached hydrogen (secondary N) is 1. The van der Waals surface area contributed by atoms with Crippen LogP contribution in [0, 0.1) is 12.8 Å². The number of ether oxygens (including phenoxy) is 1. The molecule has 1 aromatic carbocycles. The van der Waals surface area contributed by atoms with Crippen LogP contribution in [-0.4, -0.2) is 30.1 Å². The summed E-state index contributed by atoms with van der Waals surface area (Å²) in [5.41, 5.74) is 1.10. The lowest BCUT2D eigenvalue weighted by atomic mass is 10.0. The predicted molar refractivity (Wildman–Crippen MR) is 80.3 cm³/mol. The van der Waals surface area contributed by atoms with Crippen LogP contribution in [0.5, 0.6) is 5.75 Å². The molecule has 1 atom stereocenters. The Morgan fingerprint density at radius 2 is 2.14 bits per heavy atom. The van der Waals surface area contributed by atoms with E-state index in [1.165, 1.54) is 0 Å². The smallest absolute Gasteiger partial charge is 0.308 e. The number of aliphatic carboxylic acids is 1. The first-order chi connectivity index (χ1) is 10.0.